The Hall–Kier alpha value is -1.57. The maximum absolute atomic E-state index is 5.64. The summed E-state index contributed by atoms with van der Waals surface area (Å²) in [5.41, 5.74) is 1.13. The molecule has 0 aliphatic carbocycles. The Morgan fingerprint density at radius 1 is 1.26 bits per heavy atom. The molecule has 1 aliphatic rings. The molecular weight excluding hydrogens is 374 g/mol. The first-order valence-corrected chi connectivity index (χ1v) is 11.2. The normalized spacial score (nSPS) is 18.3. The molecule has 3 aromatic rings. The van der Waals surface area contributed by atoms with Gasteiger partial charge < -0.3 is 4.57 Å². The lowest BCUT2D eigenvalue weighted by Gasteiger charge is -2.31. The van der Waals surface area contributed by atoms with E-state index < -0.39 is 0 Å². The molecule has 144 valence electrons. The Balaban J connectivity index is 1.42. The average Bonchev–Trinajstić information content (AvgIpc) is 3.27. The standard InChI is InChI=1S/C20H27N5S2/c1-2-3-6-12-24-14-21-25(20(24)26)15-23-11-7-8-16(13-23)19-22-17-9-4-5-10-18(17)27-19/h4-5,9-10,14,16H,2-3,6-8,11-13,15H2,1H3/t16-/m1/s1. The third-order valence-electron chi connectivity index (χ3n) is 5.30. The van der Waals surface area contributed by atoms with Crippen molar-refractivity contribution in [3.05, 3.63) is 40.4 Å². The molecule has 0 amide bonds. The molecule has 5 nitrogen and oxygen atoms in total. The van der Waals surface area contributed by atoms with Crippen molar-refractivity contribution in [1.82, 2.24) is 24.2 Å². The molecule has 0 radical (unpaired) electrons. The number of benzene rings is 1. The minimum absolute atomic E-state index is 0.511. The number of thiazole rings is 1. The minimum atomic E-state index is 0.511. The predicted molar refractivity (Wildman–Crippen MR) is 114 cm³/mol. The van der Waals surface area contributed by atoms with Crippen LogP contribution in [0.1, 0.15) is 50.0 Å². The largest absolute Gasteiger partial charge is 0.307 e. The number of hydrogen-bond acceptors (Lipinski definition) is 5. The Morgan fingerprint density at radius 3 is 3.00 bits per heavy atom. The van der Waals surface area contributed by atoms with Crippen molar-refractivity contribution in [1.29, 1.82) is 0 Å². The van der Waals surface area contributed by atoms with Crippen LogP contribution in [0.25, 0.3) is 10.2 Å². The van der Waals surface area contributed by atoms with Gasteiger partial charge in [-0.05, 0) is 50.2 Å². The lowest BCUT2D eigenvalue weighted by molar-refractivity contribution is 0.156. The van der Waals surface area contributed by atoms with Gasteiger partial charge in [0.2, 0.25) is 0 Å². The molecule has 1 fully saturated rings. The summed E-state index contributed by atoms with van der Waals surface area (Å²) in [6.07, 6.45) is 7.94. The number of hydrogen-bond donors (Lipinski definition) is 0. The average molecular weight is 402 g/mol. The number of aryl methyl sites for hydroxylation is 1. The van der Waals surface area contributed by atoms with Crippen LogP contribution in [0, 0.1) is 4.77 Å². The summed E-state index contributed by atoms with van der Waals surface area (Å²) in [5, 5.41) is 5.81. The summed E-state index contributed by atoms with van der Waals surface area (Å²) in [6, 6.07) is 8.44. The highest BCUT2D eigenvalue weighted by Crippen LogP contribution is 2.33. The summed E-state index contributed by atoms with van der Waals surface area (Å²) in [6.45, 7) is 6.11. The van der Waals surface area contributed by atoms with Crippen molar-refractivity contribution in [3.8, 4) is 0 Å². The third kappa shape index (κ3) is 4.31. The van der Waals surface area contributed by atoms with Gasteiger partial charge in [0.15, 0.2) is 4.77 Å². The molecule has 1 aromatic carbocycles. The predicted octanol–water partition coefficient (Wildman–Crippen LogP) is 5.05. The second kappa shape index (κ2) is 8.63. The first-order valence-electron chi connectivity index (χ1n) is 9.94. The molecule has 0 N–H and O–H groups in total. The second-order valence-corrected chi connectivity index (χ2v) is 8.82. The Morgan fingerprint density at radius 2 is 2.15 bits per heavy atom. The van der Waals surface area contributed by atoms with Crippen molar-refractivity contribution in [2.75, 3.05) is 13.1 Å². The molecule has 1 saturated heterocycles. The quantitative estimate of drug-likeness (QED) is 0.410. The van der Waals surface area contributed by atoms with Crippen molar-refractivity contribution in [2.24, 2.45) is 0 Å². The second-order valence-electron chi connectivity index (χ2n) is 7.39. The first-order chi connectivity index (χ1) is 13.2. The van der Waals surface area contributed by atoms with E-state index in [1.807, 2.05) is 22.3 Å². The van der Waals surface area contributed by atoms with Crippen molar-refractivity contribution < 1.29 is 0 Å². The molecular formula is C20H27N5S2. The molecule has 4 rings (SSSR count). The van der Waals surface area contributed by atoms with E-state index in [1.165, 1.54) is 41.8 Å². The summed E-state index contributed by atoms with van der Waals surface area (Å²) in [5.74, 6) is 0.511. The highest BCUT2D eigenvalue weighted by atomic mass is 32.1. The molecule has 7 heteroatoms. The molecule has 2 aromatic heterocycles. The van der Waals surface area contributed by atoms with Crippen LogP contribution in [0.15, 0.2) is 30.6 Å². The number of fused-ring (bicyclic) bond motifs is 1. The molecule has 0 saturated carbocycles. The minimum Gasteiger partial charge on any atom is -0.307 e. The topological polar surface area (TPSA) is 38.9 Å². The fourth-order valence-corrected chi connectivity index (χ4v) is 5.13. The van der Waals surface area contributed by atoms with Crippen LogP contribution in [0.3, 0.4) is 0 Å². The van der Waals surface area contributed by atoms with Gasteiger partial charge in [0.1, 0.15) is 6.33 Å². The van der Waals surface area contributed by atoms with Gasteiger partial charge in [0, 0.05) is 19.0 Å². The molecule has 1 atom stereocenters. The van der Waals surface area contributed by atoms with Gasteiger partial charge in [0.25, 0.3) is 0 Å². The van der Waals surface area contributed by atoms with Crippen molar-refractivity contribution >= 4 is 33.8 Å². The van der Waals surface area contributed by atoms with E-state index in [2.05, 4.69) is 45.8 Å². The van der Waals surface area contributed by atoms with Crippen LogP contribution in [0.2, 0.25) is 0 Å². The molecule has 0 spiro atoms. The fraction of sp³-hybridized carbons (Fsp3) is 0.550. The van der Waals surface area contributed by atoms with Gasteiger partial charge in [-0.25, -0.2) is 9.67 Å². The van der Waals surface area contributed by atoms with Crippen LogP contribution in [0.5, 0.6) is 0 Å². The van der Waals surface area contributed by atoms with Crippen molar-refractivity contribution in [3.63, 3.8) is 0 Å². The Kier molecular flexibility index (Phi) is 6.00. The van der Waals surface area contributed by atoms with Gasteiger partial charge >= 0.3 is 0 Å². The highest BCUT2D eigenvalue weighted by molar-refractivity contribution is 7.71. The molecule has 1 aliphatic heterocycles. The lowest BCUT2D eigenvalue weighted by atomic mass is 9.99. The SMILES string of the molecule is CCCCCn1cnn(CN2CCC[C@@H](c3nc4ccccc4s3)C2)c1=S. The molecule has 27 heavy (non-hydrogen) atoms. The number of nitrogens with zero attached hydrogens (tertiary/aromatic N) is 5. The van der Waals surface area contributed by atoms with E-state index in [4.69, 9.17) is 17.2 Å². The summed E-state index contributed by atoms with van der Waals surface area (Å²) in [7, 11) is 0. The van der Waals surface area contributed by atoms with Gasteiger partial charge in [-0.15, -0.1) is 11.3 Å². The zero-order valence-corrected chi connectivity index (χ0v) is 17.5. The van der Waals surface area contributed by atoms with E-state index in [0.717, 1.165) is 36.6 Å². The Labute approximate surface area is 169 Å². The van der Waals surface area contributed by atoms with E-state index in [-0.39, 0.29) is 0 Å². The van der Waals surface area contributed by atoms with E-state index >= 15 is 0 Å². The highest BCUT2D eigenvalue weighted by Gasteiger charge is 2.24. The van der Waals surface area contributed by atoms with Gasteiger partial charge in [-0.2, -0.15) is 5.10 Å². The van der Waals surface area contributed by atoms with Gasteiger partial charge in [-0.3, -0.25) is 4.90 Å². The van der Waals surface area contributed by atoms with E-state index in [0.29, 0.717) is 5.92 Å². The van der Waals surface area contributed by atoms with Crippen LogP contribution in [0.4, 0.5) is 0 Å². The monoisotopic (exact) mass is 401 g/mol. The number of likely N-dealkylation sites (tertiary alicyclic amines) is 1. The molecule has 0 bridgehead atoms. The molecule has 0 unspecified atom stereocenters. The number of para-hydroxylation sites is 1. The lowest BCUT2D eigenvalue weighted by Crippen LogP contribution is -2.36. The van der Waals surface area contributed by atoms with Crippen LogP contribution < -0.4 is 0 Å². The summed E-state index contributed by atoms with van der Waals surface area (Å²) in [4.78, 5) is 7.36. The number of rotatable bonds is 7. The van der Waals surface area contributed by atoms with Crippen LogP contribution in [-0.4, -0.2) is 37.3 Å². The number of aromatic nitrogens is 4. The van der Waals surface area contributed by atoms with E-state index in [1.54, 1.807) is 0 Å². The van der Waals surface area contributed by atoms with E-state index in [9.17, 15) is 0 Å². The zero-order chi connectivity index (χ0) is 18.6. The van der Waals surface area contributed by atoms with Crippen LogP contribution >= 0.6 is 23.6 Å². The molecule has 3 heterocycles. The first kappa shape index (κ1) is 18.8. The maximum atomic E-state index is 5.64. The van der Waals surface area contributed by atoms with Gasteiger partial charge in [-0.1, -0.05) is 31.9 Å². The maximum Gasteiger partial charge on any atom is 0.198 e. The Bertz CT molecular complexity index is 908. The van der Waals surface area contributed by atoms with Crippen LogP contribution in [-0.2, 0) is 13.2 Å². The number of unbranched alkanes of at least 4 members (excludes halogenated alkanes) is 2. The number of piperidine rings is 1. The fourth-order valence-electron chi connectivity index (χ4n) is 3.79. The smallest absolute Gasteiger partial charge is 0.198 e. The summed E-state index contributed by atoms with van der Waals surface area (Å²) >= 11 is 7.48. The van der Waals surface area contributed by atoms with Gasteiger partial charge in [0.05, 0.1) is 21.9 Å². The third-order valence-corrected chi connectivity index (χ3v) is 6.94. The summed E-state index contributed by atoms with van der Waals surface area (Å²) < 4.78 is 6.22. The zero-order valence-electron chi connectivity index (χ0n) is 15.9. The van der Waals surface area contributed by atoms with Crippen molar-refractivity contribution in [2.45, 2.75) is 58.2 Å².